The van der Waals surface area contributed by atoms with Gasteiger partial charge in [0.25, 0.3) is 0 Å². The van der Waals surface area contributed by atoms with Crippen LogP contribution in [0.15, 0.2) is 34.5 Å². The van der Waals surface area contributed by atoms with Crippen molar-refractivity contribution in [2.24, 2.45) is 0 Å². The monoisotopic (exact) mass is 341 g/mol. The quantitative estimate of drug-likeness (QED) is 0.815. The fourth-order valence-corrected chi connectivity index (χ4v) is 4.28. The molecule has 6 nitrogen and oxygen atoms in total. The van der Waals surface area contributed by atoms with Crippen LogP contribution in [0.25, 0.3) is 0 Å². The Kier molecular flexibility index (Phi) is 4.23. The molecule has 0 amide bonds. The fraction of sp³-hybridized carbons (Fsp3) is 0.286. The summed E-state index contributed by atoms with van der Waals surface area (Å²) < 4.78 is 42.8. The Hall–Kier alpha value is -1.77. The lowest BCUT2D eigenvalue weighted by molar-refractivity contribution is 0.173. The molecule has 0 bridgehead atoms. The summed E-state index contributed by atoms with van der Waals surface area (Å²) in [5, 5.41) is 0. The molecule has 1 aliphatic rings. The smallest absolute Gasteiger partial charge is 0.250 e. The Morgan fingerprint density at radius 1 is 1.23 bits per heavy atom. The van der Waals surface area contributed by atoms with E-state index in [-0.39, 0.29) is 19.9 Å². The van der Waals surface area contributed by atoms with Gasteiger partial charge in [0.15, 0.2) is 11.5 Å². The minimum absolute atomic E-state index is 0.188. The zero-order chi connectivity index (χ0) is 15.6. The van der Waals surface area contributed by atoms with Gasteiger partial charge in [0.1, 0.15) is 16.6 Å². The van der Waals surface area contributed by atoms with Gasteiger partial charge >= 0.3 is 0 Å². The summed E-state index contributed by atoms with van der Waals surface area (Å²) in [5.41, 5.74) is 0. The molecule has 1 N–H and O–H groups in total. The van der Waals surface area contributed by atoms with Crippen molar-refractivity contribution in [3.63, 3.8) is 0 Å². The number of nitrogens with one attached hydrogen (secondary N) is 1. The lowest BCUT2D eigenvalue weighted by Gasteiger charge is -2.08. The summed E-state index contributed by atoms with van der Waals surface area (Å²) >= 11 is 1.24. The highest BCUT2D eigenvalue weighted by Gasteiger charge is 2.16. The maximum absolute atomic E-state index is 12.0. The number of hydrogen-bond acceptors (Lipinski definition) is 6. The summed E-state index contributed by atoms with van der Waals surface area (Å²) in [6.45, 7) is 2.49. The summed E-state index contributed by atoms with van der Waals surface area (Å²) in [7, 11) is -3.46. The van der Waals surface area contributed by atoms with Crippen LogP contribution in [0.5, 0.6) is 17.2 Å². The molecule has 0 atom stereocenters. The number of rotatable bonds is 6. The van der Waals surface area contributed by atoms with E-state index in [1.807, 2.05) is 6.92 Å². The summed E-state index contributed by atoms with van der Waals surface area (Å²) in [6, 6.07) is 8.61. The molecular formula is C14H15NO5S2. The highest BCUT2D eigenvalue weighted by atomic mass is 32.2. The van der Waals surface area contributed by atoms with Crippen molar-refractivity contribution in [1.29, 1.82) is 0 Å². The van der Waals surface area contributed by atoms with Crippen molar-refractivity contribution in [3.8, 4) is 17.2 Å². The first-order valence-corrected chi connectivity index (χ1v) is 8.93. The van der Waals surface area contributed by atoms with Gasteiger partial charge in [0.05, 0.1) is 0 Å². The third kappa shape index (κ3) is 3.34. The second kappa shape index (κ2) is 6.15. The zero-order valence-corrected chi connectivity index (χ0v) is 13.5. The van der Waals surface area contributed by atoms with Crippen molar-refractivity contribution in [3.05, 3.63) is 35.2 Å². The number of aryl methyl sites for hydroxylation is 1. The van der Waals surface area contributed by atoms with Crippen LogP contribution < -0.4 is 18.9 Å². The molecule has 0 aliphatic carbocycles. The molecule has 0 radical (unpaired) electrons. The van der Waals surface area contributed by atoms with E-state index in [9.17, 15) is 8.42 Å². The van der Waals surface area contributed by atoms with Gasteiger partial charge in [-0.3, -0.25) is 0 Å². The molecule has 22 heavy (non-hydrogen) atoms. The number of thiophene rings is 1. The van der Waals surface area contributed by atoms with Crippen LogP contribution in [0.3, 0.4) is 0 Å². The lowest BCUT2D eigenvalue weighted by atomic mass is 10.3. The molecule has 118 valence electrons. The molecule has 1 aromatic carbocycles. The molecule has 2 aromatic rings. The van der Waals surface area contributed by atoms with E-state index in [2.05, 4.69) is 4.72 Å². The first-order valence-electron chi connectivity index (χ1n) is 6.63. The van der Waals surface area contributed by atoms with E-state index < -0.39 is 10.0 Å². The standard InChI is InChI=1S/C14H15NO5S2/c1-10-2-5-14(21-10)22(16,17)15-6-7-18-11-3-4-12-13(8-11)20-9-19-12/h2-5,8,15H,6-7,9H2,1H3. The van der Waals surface area contributed by atoms with Gasteiger partial charge in [0.2, 0.25) is 16.8 Å². The molecule has 0 unspecified atom stereocenters. The predicted octanol–water partition coefficient (Wildman–Crippen LogP) is 2.14. The van der Waals surface area contributed by atoms with Gasteiger partial charge in [-0.15, -0.1) is 11.3 Å². The van der Waals surface area contributed by atoms with E-state index in [1.54, 1.807) is 30.3 Å². The van der Waals surface area contributed by atoms with Gasteiger partial charge < -0.3 is 14.2 Å². The Labute approximate surface area is 132 Å². The van der Waals surface area contributed by atoms with Crippen LogP contribution >= 0.6 is 11.3 Å². The van der Waals surface area contributed by atoms with Crippen LogP contribution in [0.4, 0.5) is 0 Å². The highest BCUT2D eigenvalue weighted by Crippen LogP contribution is 2.35. The fourth-order valence-electron chi connectivity index (χ4n) is 1.94. The molecule has 0 fully saturated rings. The third-order valence-electron chi connectivity index (χ3n) is 2.99. The predicted molar refractivity (Wildman–Crippen MR) is 82.3 cm³/mol. The number of benzene rings is 1. The lowest BCUT2D eigenvalue weighted by Crippen LogP contribution is -2.27. The van der Waals surface area contributed by atoms with E-state index in [0.717, 1.165) is 4.88 Å². The van der Waals surface area contributed by atoms with Crippen LogP contribution in [-0.4, -0.2) is 28.4 Å². The molecule has 8 heteroatoms. The SMILES string of the molecule is Cc1ccc(S(=O)(=O)NCCOc2ccc3c(c2)OCO3)s1. The van der Waals surface area contributed by atoms with Gasteiger partial charge in [0, 0.05) is 17.5 Å². The number of sulfonamides is 1. The Morgan fingerprint density at radius 2 is 2.05 bits per heavy atom. The third-order valence-corrected chi connectivity index (χ3v) is 5.94. The molecule has 0 saturated heterocycles. The van der Waals surface area contributed by atoms with Crippen molar-refractivity contribution in [2.45, 2.75) is 11.1 Å². The van der Waals surface area contributed by atoms with Gasteiger partial charge in [-0.25, -0.2) is 13.1 Å². The molecular weight excluding hydrogens is 326 g/mol. The van der Waals surface area contributed by atoms with Crippen molar-refractivity contribution >= 4 is 21.4 Å². The van der Waals surface area contributed by atoms with Crippen molar-refractivity contribution in [2.75, 3.05) is 19.9 Å². The van der Waals surface area contributed by atoms with Gasteiger partial charge in [-0.1, -0.05) is 0 Å². The zero-order valence-electron chi connectivity index (χ0n) is 11.9. The molecule has 0 saturated carbocycles. The summed E-state index contributed by atoms with van der Waals surface area (Å²) in [5.74, 6) is 1.92. The maximum atomic E-state index is 12.0. The topological polar surface area (TPSA) is 73.9 Å². The second-order valence-corrected chi connectivity index (χ2v) is 7.91. The average molecular weight is 341 g/mol. The minimum Gasteiger partial charge on any atom is -0.492 e. The van der Waals surface area contributed by atoms with Crippen LogP contribution in [0, 0.1) is 6.92 Å². The Balaban J connectivity index is 1.51. The molecule has 1 aromatic heterocycles. The van der Waals surface area contributed by atoms with Crippen LogP contribution in [-0.2, 0) is 10.0 Å². The normalized spacial score (nSPS) is 13.3. The van der Waals surface area contributed by atoms with Crippen molar-refractivity contribution < 1.29 is 22.6 Å². The summed E-state index contributed by atoms with van der Waals surface area (Å²) in [4.78, 5) is 0.956. The molecule has 2 heterocycles. The maximum Gasteiger partial charge on any atom is 0.250 e. The number of fused-ring (bicyclic) bond motifs is 1. The number of hydrogen-bond donors (Lipinski definition) is 1. The first kappa shape index (κ1) is 15.1. The number of ether oxygens (including phenoxy) is 3. The van der Waals surface area contributed by atoms with E-state index in [1.165, 1.54) is 11.3 Å². The van der Waals surface area contributed by atoms with Gasteiger partial charge in [-0.2, -0.15) is 0 Å². The van der Waals surface area contributed by atoms with Gasteiger partial charge in [-0.05, 0) is 31.2 Å². The first-order chi connectivity index (χ1) is 10.5. The van der Waals surface area contributed by atoms with Crippen LogP contribution in [0.1, 0.15) is 4.88 Å². The molecule has 0 spiro atoms. The van der Waals surface area contributed by atoms with Crippen molar-refractivity contribution in [1.82, 2.24) is 4.72 Å². The second-order valence-electron chi connectivity index (χ2n) is 4.63. The minimum atomic E-state index is -3.46. The highest BCUT2D eigenvalue weighted by molar-refractivity contribution is 7.91. The Morgan fingerprint density at radius 3 is 2.82 bits per heavy atom. The van der Waals surface area contributed by atoms with Crippen LogP contribution in [0.2, 0.25) is 0 Å². The molecule has 1 aliphatic heterocycles. The Bertz CT molecular complexity index is 769. The average Bonchev–Trinajstić information content (AvgIpc) is 3.12. The van der Waals surface area contributed by atoms with E-state index >= 15 is 0 Å². The summed E-state index contributed by atoms with van der Waals surface area (Å²) in [6.07, 6.45) is 0. The van der Waals surface area contributed by atoms with E-state index in [0.29, 0.717) is 21.5 Å². The van der Waals surface area contributed by atoms with E-state index in [4.69, 9.17) is 14.2 Å². The molecule has 3 rings (SSSR count). The largest absolute Gasteiger partial charge is 0.492 e.